The Morgan fingerprint density at radius 3 is 2.87 bits per heavy atom. The Hall–Kier alpha value is -2.58. The number of amides is 1. The van der Waals surface area contributed by atoms with E-state index in [1.807, 2.05) is 32.6 Å². The second-order valence-electron chi connectivity index (χ2n) is 9.07. The smallest absolute Gasteiger partial charge is 0.410 e. The van der Waals surface area contributed by atoms with Crippen LogP contribution in [0.25, 0.3) is 0 Å². The van der Waals surface area contributed by atoms with Crippen LogP contribution in [-0.2, 0) is 4.74 Å². The van der Waals surface area contributed by atoms with Crippen LogP contribution in [0.3, 0.4) is 0 Å². The Kier molecular flexibility index (Phi) is 8.88. The summed E-state index contributed by atoms with van der Waals surface area (Å²) in [4.78, 5) is 24.5. The first kappa shape index (κ1) is 24.7. The lowest BCUT2D eigenvalue weighted by Crippen LogP contribution is -2.45. The van der Waals surface area contributed by atoms with Crippen molar-refractivity contribution < 1.29 is 13.9 Å². The first-order valence-corrected chi connectivity index (χ1v) is 10.9. The number of rotatable bonds is 7. The van der Waals surface area contributed by atoms with Gasteiger partial charge in [0.05, 0.1) is 0 Å². The molecule has 2 unspecified atom stereocenters. The van der Waals surface area contributed by atoms with Crippen molar-refractivity contribution in [2.45, 2.75) is 52.7 Å². The summed E-state index contributed by atoms with van der Waals surface area (Å²) in [6.45, 7) is 12.9. The van der Waals surface area contributed by atoms with E-state index in [-0.39, 0.29) is 23.9 Å². The number of halogens is 1. The van der Waals surface area contributed by atoms with E-state index in [9.17, 15) is 9.18 Å². The average Bonchev–Trinajstić information content (AvgIpc) is 3.13. The molecule has 1 aromatic rings. The van der Waals surface area contributed by atoms with Gasteiger partial charge in [-0.15, -0.1) is 0 Å². The number of aromatic nitrogens is 1. The number of aliphatic imine (C=N–C) groups is 1. The summed E-state index contributed by atoms with van der Waals surface area (Å²) in [5.41, 5.74) is -0.512. The lowest BCUT2D eigenvalue weighted by Gasteiger charge is -2.26. The number of hydrogen-bond acceptors (Lipinski definition) is 5. The van der Waals surface area contributed by atoms with Gasteiger partial charge in [0.1, 0.15) is 5.60 Å². The molecule has 31 heavy (non-hydrogen) atoms. The van der Waals surface area contributed by atoms with Crippen molar-refractivity contribution in [1.29, 1.82) is 0 Å². The zero-order chi connectivity index (χ0) is 23.0. The van der Waals surface area contributed by atoms with Crippen LogP contribution in [0.4, 0.5) is 15.0 Å². The third-order valence-corrected chi connectivity index (χ3v) is 4.76. The van der Waals surface area contributed by atoms with Crippen molar-refractivity contribution in [2.24, 2.45) is 10.9 Å². The van der Waals surface area contributed by atoms with Crippen LogP contribution < -0.4 is 15.5 Å². The highest BCUT2D eigenvalue weighted by Gasteiger charge is 2.26. The predicted octanol–water partition coefficient (Wildman–Crippen LogP) is 2.86. The lowest BCUT2D eigenvalue weighted by molar-refractivity contribution is 0.0279. The molecule has 0 radical (unpaired) electrons. The molecule has 0 bridgehead atoms. The first-order chi connectivity index (χ1) is 14.6. The number of carbonyl (C=O) groups is 1. The Labute approximate surface area is 185 Å². The van der Waals surface area contributed by atoms with Crippen LogP contribution in [0.2, 0.25) is 0 Å². The molecule has 2 N–H and O–H groups in total. The molecule has 0 aliphatic carbocycles. The van der Waals surface area contributed by atoms with E-state index in [1.54, 1.807) is 24.2 Å². The molecule has 0 spiro atoms. The van der Waals surface area contributed by atoms with Gasteiger partial charge in [-0.2, -0.15) is 0 Å². The second kappa shape index (κ2) is 11.2. The molecule has 2 heterocycles. The molecule has 0 saturated carbocycles. The fourth-order valence-corrected chi connectivity index (χ4v) is 3.38. The van der Waals surface area contributed by atoms with E-state index >= 15 is 0 Å². The van der Waals surface area contributed by atoms with Crippen LogP contribution in [0.5, 0.6) is 0 Å². The second-order valence-corrected chi connectivity index (χ2v) is 9.07. The topological polar surface area (TPSA) is 82.1 Å². The van der Waals surface area contributed by atoms with Crippen LogP contribution in [0, 0.1) is 11.7 Å². The molecule has 8 nitrogen and oxygen atoms in total. The Morgan fingerprint density at radius 2 is 2.23 bits per heavy atom. The number of nitrogens with zero attached hydrogens (tertiary/aromatic N) is 4. The Balaban J connectivity index is 1.87. The molecule has 1 aliphatic rings. The highest BCUT2D eigenvalue weighted by Crippen LogP contribution is 2.20. The highest BCUT2D eigenvalue weighted by molar-refractivity contribution is 5.80. The number of guanidine groups is 1. The summed E-state index contributed by atoms with van der Waals surface area (Å²) in [7, 11) is 1.74. The summed E-state index contributed by atoms with van der Waals surface area (Å²) >= 11 is 0. The van der Waals surface area contributed by atoms with Gasteiger partial charge in [0.25, 0.3) is 0 Å². The van der Waals surface area contributed by atoms with Gasteiger partial charge in [0, 0.05) is 52.0 Å². The number of ether oxygens (including phenoxy) is 1. The zero-order valence-corrected chi connectivity index (χ0v) is 19.6. The van der Waals surface area contributed by atoms with Crippen molar-refractivity contribution in [2.75, 3.05) is 44.7 Å². The Bertz CT molecular complexity index is 752. The number of pyridine rings is 1. The van der Waals surface area contributed by atoms with E-state index in [4.69, 9.17) is 4.74 Å². The number of nitrogens with one attached hydrogen (secondary N) is 2. The molecule has 174 valence electrons. The maximum Gasteiger partial charge on any atom is 0.410 e. The van der Waals surface area contributed by atoms with E-state index in [2.05, 4.69) is 27.5 Å². The predicted molar refractivity (Wildman–Crippen MR) is 122 cm³/mol. The average molecular weight is 437 g/mol. The molecule has 1 amide bonds. The van der Waals surface area contributed by atoms with E-state index in [0.717, 1.165) is 25.5 Å². The minimum absolute atomic E-state index is 0.152. The van der Waals surface area contributed by atoms with Crippen molar-refractivity contribution in [3.8, 4) is 0 Å². The quantitative estimate of drug-likeness (QED) is 0.505. The molecule has 1 aliphatic heterocycles. The van der Waals surface area contributed by atoms with Crippen LogP contribution in [0.15, 0.2) is 23.3 Å². The molecule has 1 saturated heterocycles. The monoisotopic (exact) mass is 436 g/mol. The van der Waals surface area contributed by atoms with Crippen LogP contribution in [-0.4, -0.2) is 73.4 Å². The Morgan fingerprint density at radius 1 is 1.48 bits per heavy atom. The first-order valence-electron chi connectivity index (χ1n) is 10.9. The van der Waals surface area contributed by atoms with E-state index in [1.165, 1.54) is 6.07 Å². The van der Waals surface area contributed by atoms with E-state index < -0.39 is 5.60 Å². The van der Waals surface area contributed by atoms with Gasteiger partial charge in [-0.25, -0.2) is 14.2 Å². The maximum absolute atomic E-state index is 14.0. The number of anilines is 1. The summed E-state index contributed by atoms with van der Waals surface area (Å²) in [5.74, 6) is 0.984. The van der Waals surface area contributed by atoms with Crippen LogP contribution in [0.1, 0.15) is 41.0 Å². The zero-order valence-electron chi connectivity index (χ0n) is 19.6. The lowest BCUT2D eigenvalue weighted by atomic mass is 10.2. The van der Waals surface area contributed by atoms with Crippen molar-refractivity contribution in [1.82, 2.24) is 20.5 Å². The molecule has 0 aromatic carbocycles. The van der Waals surface area contributed by atoms with Crippen molar-refractivity contribution >= 4 is 17.9 Å². The molecule has 2 atom stereocenters. The van der Waals surface area contributed by atoms with Gasteiger partial charge in [-0.05, 0) is 52.2 Å². The summed E-state index contributed by atoms with van der Waals surface area (Å²) in [5, 5.41) is 6.70. The van der Waals surface area contributed by atoms with Gasteiger partial charge in [-0.1, -0.05) is 6.92 Å². The molecular formula is C22H37FN6O2. The number of hydrogen-bond donors (Lipinski definition) is 2. The SMILES string of the molecule is CCNC(=NCC(C)CN(C)C(=O)OC(C)(C)C)NC1CCN(c2ncccc2F)C1. The minimum atomic E-state index is -0.512. The van der Waals surface area contributed by atoms with Gasteiger partial charge in [0.15, 0.2) is 17.6 Å². The molecule has 9 heteroatoms. The maximum atomic E-state index is 14.0. The summed E-state index contributed by atoms with van der Waals surface area (Å²) in [6, 6.07) is 3.19. The van der Waals surface area contributed by atoms with Gasteiger partial charge in [-0.3, -0.25) is 4.99 Å². The molecule has 1 fully saturated rings. The normalized spacial score (nSPS) is 18.0. The summed E-state index contributed by atoms with van der Waals surface area (Å²) in [6.07, 6.45) is 2.15. The summed E-state index contributed by atoms with van der Waals surface area (Å²) < 4.78 is 19.4. The standard InChI is InChI=1S/C22H37FN6O2/c1-7-24-20(26-13-16(2)14-28(6)21(30)31-22(3,4)5)27-17-10-12-29(15-17)19-18(23)9-8-11-25-19/h8-9,11,16-17H,7,10,12-15H2,1-6H3,(H2,24,26,27). The van der Waals surface area contributed by atoms with E-state index in [0.29, 0.717) is 25.5 Å². The molecule has 1 aromatic heterocycles. The largest absolute Gasteiger partial charge is 0.444 e. The number of carbonyl (C=O) groups excluding carboxylic acids is 1. The fourth-order valence-electron chi connectivity index (χ4n) is 3.38. The van der Waals surface area contributed by atoms with Gasteiger partial charge >= 0.3 is 6.09 Å². The fraction of sp³-hybridized carbons (Fsp3) is 0.682. The molecule has 2 rings (SSSR count). The van der Waals surface area contributed by atoms with Crippen LogP contribution >= 0.6 is 0 Å². The molecular weight excluding hydrogens is 399 g/mol. The third kappa shape index (κ3) is 8.22. The highest BCUT2D eigenvalue weighted by atomic mass is 19.1. The van der Waals surface area contributed by atoms with Crippen molar-refractivity contribution in [3.05, 3.63) is 24.1 Å². The van der Waals surface area contributed by atoms with Gasteiger partial charge in [0.2, 0.25) is 0 Å². The third-order valence-electron chi connectivity index (χ3n) is 4.76. The van der Waals surface area contributed by atoms with Crippen molar-refractivity contribution in [3.63, 3.8) is 0 Å². The van der Waals surface area contributed by atoms with Gasteiger partial charge < -0.3 is 25.2 Å². The minimum Gasteiger partial charge on any atom is -0.444 e.